The molecule has 0 bridgehead atoms. The summed E-state index contributed by atoms with van der Waals surface area (Å²) >= 11 is 7.77. The van der Waals surface area contributed by atoms with Crippen LogP contribution in [0, 0.1) is 0 Å². The summed E-state index contributed by atoms with van der Waals surface area (Å²) in [6.07, 6.45) is 5.64. The average Bonchev–Trinajstić information content (AvgIpc) is 2.80. The minimum absolute atomic E-state index is 0.672. The lowest BCUT2D eigenvalue weighted by Crippen LogP contribution is -1.85. The topological polar surface area (TPSA) is 56.2 Å². The Hall–Kier alpha value is -1.72. The summed E-state index contributed by atoms with van der Waals surface area (Å²) in [5.41, 5.74) is 7.31. The fourth-order valence-corrected chi connectivity index (χ4v) is 2.89. The van der Waals surface area contributed by atoms with Crippen LogP contribution in [0.2, 0.25) is 5.02 Å². The van der Waals surface area contributed by atoms with E-state index >= 15 is 0 Å². The third kappa shape index (κ3) is 2.67. The Morgan fingerprint density at radius 2 is 2.26 bits per heavy atom. The van der Waals surface area contributed by atoms with Crippen molar-refractivity contribution >= 4 is 34.8 Å². The molecule has 19 heavy (non-hydrogen) atoms. The number of hydrogen-bond donors (Lipinski definition) is 1. The highest BCUT2D eigenvalue weighted by atomic mass is 35.5. The summed E-state index contributed by atoms with van der Waals surface area (Å²) in [6.45, 7) is 0. The summed E-state index contributed by atoms with van der Waals surface area (Å²) in [4.78, 5) is 9.63. The summed E-state index contributed by atoms with van der Waals surface area (Å²) in [5, 5.41) is 0.673. The number of rotatable bonds is 3. The Morgan fingerprint density at radius 3 is 3.05 bits per heavy atom. The van der Waals surface area contributed by atoms with E-state index in [1.165, 1.54) is 0 Å². The van der Waals surface area contributed by atoms with E-state index in [1.54, 1.807) is 24.0 Å². The molecule has 2 N–H and O–H groups in total. The number of nitrogen functional groups attached to an aromatic ring is 1. The van der Waals surface area contributed by atoms with Gasteiger partial charge in [-0.25, -0.2) is 9.97 Å². The number of thioether (sulfide) groups is 1. The SMILES string of the molecule is Nc1ccc(SCc2cn3cccnc3n2)c(Cl)c1. The minimum Gasteiger partial charge on any atom is -0.399 e. The smallest absolute Gasteiger partial charge is 0.233 e. The third-order valence-corrected chi connectivity index (χ3v) is 4.15. The zero-order chi connectivity index (χ0) is 13.2. The van der Waals surface area contributed by atoms with Gasteiger partial charge in [-0.05, 0) is 24.3 Å². The van der Waals surface area contributed by atoms with Crippen molar-refractivity contribution in [3.05, 3.63) is 53.6 Å². The van der Waals surface area contributed by atoms with E-state index in [0.717, 1.165) is 16.3 Å². The first-order valence-corrected chi connectivity index (χ1v) is 7.05. The quantitative estimate of drug-likeness (QED) is 0.594. The van der Waals surface area contributed by atoms with Crippen molar-refractivity contribution in [2.75, 3.05) is 5.73 Å². The fourth-order valence-electron chi connectivity index (χ4n) is 1.73. The first kappa shape index (κ1) is 12.3. The molecule has 0 aliphatic carbocycles. The first-order valence-electron chi connectivity index (χ1n) is 5.69. The number of nitrogens with two attached hydrogens (primary N) is 1. The Balaban J connectivity index is 1.78. The van der Waals surface area contributed by atoms with Gasteiger partial charge in [-0.2, -0.15) is 0 Å². The Labute approximate surface area is 119 Å². The number of anilines is 1. The maximum absolute atomic E-state index is 6.14. The van der Waals surface area contributed by atoms with Gasteiger partial charge in [0.15, 0.2) is 0 Å². The molecule has 0 amide bonds. The Kier molecular flexibility index (Phi) is 3.31. The van der Waals surface area contributed by atoms with Crippen molar-refractivity contribution in [3.63, 3.8) is 0 Å². The second-order valence-corrected chi connectivity index (χ2v) is 5.46. The number of benzene rings is 1. The van der Waals surface area contributed by atoms with Crippen molar-refractivity contribution in [2.45, 2.75) is 10.6 Å². The molecular formula is C13H11ClN4S. The predicted molar refractivity (Wildman–Crippen MR) is 78.4 cm³/mol. The third-order valence-electron chi connectivity index (χ3n) is 2.62. The Bertz CT molecular complexity index is 692. The van der Waals surface area contributed by atoms with Crippen molar-refractivity contribution in [2.24, 2.45) is 0 Å². The highest BCUT2D eigenvalue weighted by Gasteiger charge is 2.05. The van der Waals surface area contributed by atoms with Gasteiger partial charge in [0.25, 0.3) is 0 Å². The van der Waals surface area contributed by atoms with Crippen LogP contribution in [0.15, 0.2) is 47.8 Å². The standard InChI is InChI=1S/C13H11ClN4S/c14-11-6-9(15)2-3-12(11)19-8-10-7-18-5-1-4-16-13(18)17-10/h1-7H,8,15H2. The van der Waals surface area contributed by atoms with Gasteiger partial charge in [-0.3, -0.25) is 4.40 Å². The normalized spacial score (nSPS) is 11.0. The molecular weight excluding hydrogens is 280 g/mol. The van der Waals surface area contributed by atoms with Gasteiger partial charge in [-0.15, -0.1) is 11.8 Å². The van der Waals surface area contributed by atoms with Gasteiger partial charge in [0, 0.05) is 34.9 Å². The van der Waals surface area contributed by atoms with Crippen molar-refractivity contribution < 1.29 is 0 Å². The van der Waals surface area contributed by atoms with Crippen molar-refractivity contribution in [1.29, 1.82) is 0 Å². The lowest BCUT2D eigenvalue weighted by Gasteiger charge is -2.03. The molecule has 6 heteroatoms. The van der Waals surface area contributed by atoms with Crippen molar-refractivity contribution in [3.8, 4) is 0 Å². The molecule has 0 saturated carbocycles. The molecule has 0 unspecified atom stereocenters. The lowest BCUT2D eigenvalue weighted by molar-refractivity contribution is 1.11. The molecule has 0 saturated heterocycles. The second kappa shape index (κ2) is 5.11. The number of fused-ring (bicyclic) bond motifs is 1. The van der Waals surface area contributed by atoms with Gasteiger partial charge < -0.3 is 5.73 Å². The maximum atomic E-state index is 6.14. The monoisotopic (exact) mass is 290 g/mol. The van der Waals surface area contributed by atoms with Gasteiger partial charge in [-0.1, -0.05) is 11.6 Å². The minimum atomic E-state index is 0.672. The molecule has 0 aliphatic heterocycles. The van der Waals surface area contributed by atoms with Crippen LogP contribution in [-0.4, -0.2) is 14.4 Å². The van der Waals surface area contributed by atoms with E-state index in [-0.39, 0.29) is 0 Å². The van der Waals surface area contributed by atoms with Crippen LogP contribution < -0.4 is 5.73 Å². The lowest BCUT2D eigenvalue weighted by atomic mass is 10.3. The fraction of sp³-hybridized carbons (Fsp3) is 0.0769. The number of halogens is 1. The van der Waals surface area contributed by atoms with Crippen LogP contribution in [-0.2, 0) is 5.75 Å². The zero-order valence-corrected chi connectivity index (χ0v) is 11.5. The van der Waals surface area contributed by atoms with Crippen LogP contribution in [0.25, 0.3) is 5.78 Å². The number of imidazole rings is 1. The molecule has 0 spiro atoms. The maximum Gasteiger partial charge on any atom is 0.233 e. The number of aromatic nitrogens is 3. The summed E-state index contributed by atoms with van der Waals surface area (Å²) < 4.78 is 1.90. The first-order chi connectivity index (χ1) is 9.22. The van der Waals surface area contributed by atoms with Gasteiger partial charge in [0.1, 0.15) is 0 Å². The predicted octanol–water partition coefficient (Wildman–Crippen LogP) is 3.26. The molecule has 3 rings (SSSR count). The highest BCUT2D eigenvalue weighted by Crippen LogP contribution is 2.30. The van der Waals surface area contributed by atoms with E-state index in [9.17, 15) is 0 Å². The molecule has 0 atom stereocenters. The van der Waals surface area contributed by atoms with Crippen LogP contribution >= 0.6 is 23.4 Å². The van der Waals surface area contributed by atoms with E-state index in [0.29, 0.717) is 16.5 Å². The molecule has 96 valence electrons. The van der Waals surface area contributed by atoms with Crippen LogP contribution in [0.3, 0.4) is 0 Å². The molecule has 1 aromatic carbocycles. The number of hydrogen-bond acceptors (Lipinski definition) is 4. The number of nitrogens with zero attached hydrogens (tertiary/aromatic N) is 3. The average molecular weight is 291 g/mol. The van der Waals surface area contributed by atoms with E-state index in [1.807, 2.05) is 35.0 Å². The molecule has 4 nitrogen and oxygen atoms in total. The van der Waals surface area contributed by atoms with Crippen molar-refractivity contribution in [1.82, 2.24) is 14.4 Å². The molecule has 0 aliphatic rings. The van der Waals surface area contributed by atoms with Gasteiger partial charge >= 0.3 is 0 Å². The van der Waals surface area contributed by atoms with Crippen LogP contribution in [0.4, 0.5) is 5.69 Å². The van der Waals surface area contributed by atoms with E-state index in [4.69, 9.17) is 17.3 Å². The van der Waals surface area contributed by atoms with Crippen LogP contribution in [0.5, 0.6) is 0 Å². The Morgan fingerprint density at radius 1 is 1.37 bits per heavy atom. The summed E-state index contributed by atoms with van der Waals surface area (Å²) in [5.74, 6) is 1.45. The van der Waals surface area contributed by atoms with Crippen LogP contribution in [0.1, 0.15) is 5.69 Å². The van der Waals surface area contributed by atoms with E-state index < -0.39 is 0 Å². The molecule has 0 radical (unpaired) electrons. The van der Waals surface area contributed by atoms with E-state index in [2.05, 4.69) is 9.97 Å². The molecule has 3 aromatic rings. The molecule has 0 fully saturated rings. The largest absolute Gasteiger partial charge is 0.399 e. The van der Waals surface area contributed by atoms with Gasteiger partial charge in [0.05, 0.1) is 10.7 Å². The zero-order valence-electron chi connectivity index (χ0n) is 9.95. The summed E-state index contributed by atoms with van der Waals surface area (Å²) in [6, 6.07) is 7.41. The van der Waals surface area contributed by atoms with Gasteiger partial charge in [0.2, 0.25) is 5.78 Å². The summed E-state index contributed by atoms with van der Waals surface area (Å²) in [7, 11) is 0. The highest BCUT2D eigenvalue weighted by molar-refractivity contribution is 7.98. The molecule has 2 heterocycles. The molecule has 2 aromatic heterocycles. The second-order valence-electron chi connectivity index (χ2n) is 4.04.